The van der Waals surface area contributed by atoms with Crippen molar-refractivity contribution in [3.63, 3.8) is 0 Å². The molecule has 1 atom stereocenters. The second-order valence-corrected chi connectivity index (χ2v) is 5.06. The Morgan fingerprint density at radius 1 is 1.29 bits per heavy atom. The fourth-order valence-electron chi connectivity index (χ4n) is 2.53. The predicted molar refractivity (Wildman–Crippen MR) is 78.1 cm³/mol. The fraction of sp³-hybridized carbons (Fsp3) is 0.267. The van der Waals surface area contributed by atoms with Crippen molar-refractivity contribution in [1.29, 1.82) is 0 Å². The van der Waals surface area contributed by atoms with Gasteiger partial charge >= 0.3 is 0 Å². The number of nitrogens with one attached hydrogen (secondary N) is 2. The summed E-state index contributed by atoms with van der Waals surface area (Å²) < 4.78 is 0. The molecule has 1 unspecified atom stereocenters. The van der Waals surface area contributed by atoms with E-state index >= 15 is 0 Å². The van der Waals surface area contributed by atoms with Gasteiger partial charge in [0.05, 0.1) is 0 Å². The van der Waals surface area contributed by atoms with Gasteiger partial charge < -0.3 is 15.2 Å². The van der Waals surface area contributed by atoms with Crippen molar-refractivity contribution in [3.05, 3.63) is 46.2 Å². The number of H-pyrrole nitrogens is 1. The van der Waals surface area contributed by atoms with E-state index in [1.165, 1.54) is 11.0 Å². The van der Waals surface area contributed by atoms with Gasteiger partial charge in [0.2, 0.25) is 5.91 Å². The van der Waals surface area contributed by atoms with Crippen molar-refractivity contribution in [2.24, 2.45) is 0 Å². The number of fused-ring (bicyclic) bond motifs is 1. The lowest BCUT2D eigenvalue weighted by Crippen LogP contribution is -2.56. The molecule has 1 aromatic carbocycles. The first-order chi connectivity index (χ1) is 10.1. The van der Waals surface area contributed by atoms with Crippen molar-refractivity contribution < 1.29 is 9.59 Å². The van der Waals surface area contributed by atoms with Crippen LogP contribution in [0.5, 0.6) is 0 Å². The van der Waals surface area contributed by atoms with E-state index in [1.807, 2.05) is 0 Å². The lowest BCUT2D eigenvalue weighted by atomic mass is 10.1. The van der Waals surface area contributed by atoms with E-state index in [1.54, 1.807) is 31.2 Å². The maximum Gasteiger partial charge on any atom is 0.271 e. The largest absolute Gasteiger partial charge is 0.353 e. The molecule has 0 spiro atoms. The van der Waals surface area contributed by atoms with Gasteiger partial charge in [0, 0.05) is 30.1 Å². The second kappa shape index (κ2) is 5.05. The van der Waals surface area contributed by atoms with E-state index in [0.717, 1.165) is 0 Å². The normalized spacial score (nSPS) is 18.6. The van der Waals surface area contributed by atoms with Gasteiger partial charge in [0.25, 0.3) is 5.91 Å². The minimum absolute atomic E-state index is 0.183. The average Bonchev–Trinajstić information content (AvgIpc) is 2.49. The van der Waals surface area contributed by atoms with Gasteiger partial charge in [-0.15, -0.1) is 0 Å². The number of amides is 2. The second-order valence-electron chi connectivity index (χ2n) is 5.06. The zero-order chi connectivity index (χ0) is 15.0. The van der Waals surface area contributed by atoms with Crippen LogP contribution in [-0.2, 0) is 4.79 Å². The van der Waals surface area contributed by atoms with Gasteiger partial charge in [-0.25, -0.2) is 0 Å². The fourth-order valence-corrected chi connectivity index (χ4v) is 2.53. The number of nitrogens with zero attached hydrogens (tertiary/aromatic N) is 1. The van der Waals surface area contributed by atoms with Gasteiger partial charge in [0.1, 0.15) is 11.7 Å². The Morgan fingerprint density at radius 2 is 2.05 bits per heavy atom. The molecule has 108 valence electrons. The number of hydrogen-bond donors (Lipinski definition) is 2. The third-order valence-corrected chi connectivity index (χ3v) is 3.73. The van der Waals surface area contributed by atoms with Crippen LogP contribution >= 0.6 is 0 Å². The predicted octanol–water partition coefficient (Wildman–Crippen LogP) is 0.489. The number of aromatic amines is 1. The highest BCUT2D eigenvalue weighted by atomic mass is 16.2. The summed E-state index contributed by atoms with van der Waals surface area (Å²) in [6.45, 7) is 2.53. The summed E-state index contributed by atoms with van der Waals surface area (Å²) in [5.74, 6) is -0.516. The van der Waals surface area contributed by atoms with Gasteiger partial charge in [-0.3, -0.25) is 14.4 Å². The van der Waals surface area contributed by atoms with Gasteiger partial charge in [-0.05, 0) is 19.1 Å². The molecular weight excluding hydrogens is 270 g/mol. The van der Waals surface area contributed by atoms with Crippen LogP contribution < -0.4 is 10.7 Å². The van der Waals surface area contributed by atoms with E-state index in [2.05, 4.69) is 10.3 Å². The summed E-state index contributed by atoms with van der Waals surface area (Å²) >= 11 is 0. The smallest absolute Gasteiger partial charge is 0.271 e. The molecule has 0 bridgehead atoms. The molecule has 0 radical (unpaired) electrons. The number of carbonyl (C=O) groups excluding carboxylic acids is 2. The minimum Gasteiger partial charge on any atom is -0.353 e. The average molecular weight is 285 g/mol. The monoisotopic (exact) mass is 285 g/mol. The minimum atomic E-state index is -0.541. The molecule has 6 heteroatoms. The van der Waals surface area contributed by atoms with E-state index < -0.39 is 6.04 Å². The van der Waals surface area contributed by atoms with Crippen LogP contribution in [-0.4, -0.2) is 40.8 Å². The van der Waals surface area contributed by atoms with Crippen molar-refractivity contribution in [3.8, 4) is 0 Å². The topological polar surface area (TPSA) is 82.3 Å². The number of benzene rings is 1. The number of carbonyl (C=O) groups is 2. The standard InChI is InChI=1S/C15H15N3O3/c1-9-14(20)16-6-7-18(9)15(21)12-8-13(19)10-4-2-3-5-11(10)17-12/h2-5,8-9H,6-7H2,1H3,(H,16,20)(H,17,19). The molecule has 6 nitrogen and oxygen atoms in total. The zero-order valence-electron chi connectivity index (χ0n) is 11.6. The molecule has 2 aromatic rings. The molecule has 0 aliphatic carbocycles. The van der Waals surface area contributed by atoms with Crippen LogP contribution in [0.1, 0.15) is 17.4 Å². The number of piperazine rings is 1. The Balaban J connectivity index is 2.02. The summed E-state index contributed by atoms with van der Waals surface area (Å²) in [5, 5.41) is 3.24. The Morgan fingerprint density at radius 3 is 2.86 bits per heavy atom. The quantitative estimate of drug-likeness (QED) is 0.800. The lowest BCUT2D eigenvalue weighted by Gasteiger charge is -2.32. The summed E-state index contributed by atoms with van der Waals surface area (Å²) in [4.78, 5) is 40.7. The Hall–Kier alpha value is -2.63. The van der Waals surface area contributed by atoms with Crippen molar-refractivity contribution >= 4 is 22.7 Å². The first-order valence-corrected chi connectivity index (χ1v) is 6.78. The number of para-hydroxylation sites is 1. The Labute approximate surface area is 120 Å². The van der Waals surface area contributed by atoms with Crippen LogP contribution in [0.25, 0.3) is 10.9 Å². The summed E-state index contributed by atoms with van der Waals surface area (Å²) in [5.41, 5.74) is 0.615. The van der Waals surface area contributed by atoms with E-state index in [4.69, 9.17) is 0 Å². The molecule has 3 rings (SSSR count). The van der Waals surface area contributed by atoms with Gasteiger partial charge in [-0.2, -0.15) is 0 Å². The molecule has 0 saturated carbocycles. The molecule has 1 fully saturated rings. The zero-order valence-corrected chi connectivity index (χ0v) is 11.6. The molecule has 1 saturated heterocycles. The molecule has 21 heavy (non-hydrogen) atoms. The van der Waals surface area contributed by atoms with Crippen molar-refractivity contribution in [2.45, 2.75) is 13.0 Å². The molecule has 1 aliphatic heterocycles. The van der Waals surface area contributed by atoms with Crippen LogP contribution in [0, 0.1) is 0 Å². The molecular formula is C15H15N3O3. The third-order valence-electron chi connectivity index (χ3n) is 3.73. The maximum absolute atomic E-state index is 12.5. The van der Waals surface area contributed by atoms with Crippen LogP contribution in [0.15, 0.2) is 35.1 Å². The number of hydrogen-bond acceptors (Lipinski definition) is 3. The number of pyridine rings is 1. The first kappa shape index (κ1) is 13.4. The summed E-state index contributed by atoms with van der Waals surface area (Å²) in [7, 11) is 0. The summed E-state index contributed by atoms with van der Waals surface area (Å²) in [6, 6.07) is 7.78. The van der Waals surface area contributed by atoms with E-state index in [0.29, 0.717) is 24.0 Å². The van der Waals surface area contributed by atoms with Crippen LogP contribution in [0.3, 0.4) is 0 Å². The van der Waals surface area contributed by atoms with Crippen molar-refractivity contribution in [2.75, 3.05) is 13.1 Å². The van der Waals surface area contributed by atoms with Gasteiger partial charge in [-0.1, -0.05) is 12.1 Å². The van der Waals surface area contributed by atoms with E-state index in [9.17, 15) is 14.4 Å². The number of aromatic nitrogens is 1. The Bertz CT molecular complexity index is 781. The number of rotatable bonds is 1. The first-order valence-electron chi connectivity index (χ1n) is 6.78. The van der Waals surface area contributed by atoms with Crippen LogP contribution in [0.2, 0.25) is 0 Å². The molecule has 2 N–H and O–H groups in total. The Kier molecular flexibility index (Phi) is 3.21. The highest BCUT2D eigenvalue weighted by Gasteiger charge is 2.30. The van der Waals surface area contributed by atoms with Crippen LogP contribution in [0.4, 0.5) is 0 Å². The molecule has 1 aromatic heterocycles. The molecule has 2 amide bonds. The van der Waals surface area contributed by atoms with Gasteiger partial charge in [0.15, 0.2) is 5.43 Å². The highest BCUT2D eigenvalue weighted by molar-refractivity contribution is 5.98. The molecule has 1 aliphatic rings. The van der Waals surface area contributed by atoms with E-state index in [-0.39, 0.29) is 22.9 Å². The third kappa shape index (κ3) is 2.29. The molecule has 2 heterocycles. The summed E-state index contributed by atoms with van der Waals surface area (Å²) in [6.07, 6.45) is 0. The van der Waals surface area contributed by atoms with Crippen molar-refractivity contribution in [1.82, 2.24) is 15.2 Å². The SMILES string of the molecule is CC1C(=O)NCCN1C(=O)c1cc(=O)c2ccccc2[nH]1. The highest BCUT2D eigenvalue weighted by Crippen LogP contribution is 2.12. The lowest BCUT2D eigenvalue weighted by molar-refractivity contribution is -0.127. The maximum atomic E-state index is 12.5.